The lowest BCUT2D eigenvalue weighted by Gasteiger charge is -2.13. The number of benzene rings is 2. The van der Waals surface area contributed by atoms with Crippen LogP contribution in [0.5, 0.6) is 5.75 Å². The highest BCUT2D eigenvalue weighted by atomic mass is 19.1. The zero-order chi connectivity index (χ0) is 15.9. The summed E-state index contributed by atoms with van der Waals surface area (Å²) in [6.45, 7) is 3.73. The quantitative estimate of drug-likeness (QED) is 0.778. The van der Waals surface area contributed by atoms with Crippen molar-refractivity contribution in [2.45, 2.75) is 13.8 Å². The van der Waals surface area contributed by atoms with Gasteiger partial charge >= 0.3 is 0 Å². The Balaban J connectivity index is 2.38. The van der Waals surface area contributed by atoms with E-state index in [9.17, 15) is 9.18 Å². The second-order valence-electron chi connectivity index (χ2n) is 5.36. The number of pyridine rings is 1. The third-order valence-corrected chi connectivity index (χ3v) is 3.88. The summed E-state index contributed by atoms with van der Waals surface area (Å²) in [5.41, 5.74) is 3.32. The van der Waals surface area contributed by atoms with Crippen LogP contribution in [-0.2, 0) is 0 Å². The number of H-pyrrole nitrogens is 1. The zero-order valence-electron chi connectivity index (χ0n) is 12.7. The van der Waals surface area contributed by atoms with Crippen molar-refractivity contribution in [1.82, 2.24) is 4.98 Å². The number of methoxy groups -OCH3 is 1. The third kappa shape index (κ3) is 2.26. The molecule has 0 aliphatic carbocycles. The molecule has 0 aliphatic heterocycles. The molecule has 0 atom stereocenters. The van der Waals surface area contributed by atoms with Gasteiger partial charge in [-0.1, -0.05) is 0 Å². The van der Waals surface area contributed by atoms with Gasteiger partial charge in [0.15, 0.2) is 0 Å². The Labute approximate surface area is 127 Å². The molecule has 0 bridgehead atoms. The van der Waals surface area contributed by atoms with Gasteiger partial charge in [-0.25, -0.2) is 4.39 Å². The predicted octanol–water partition coefficient (Wildman–Crippen LogP) is 3.96. The fraction of sp³-hybridized carbons (Fsp3) is 0.167. The van der Waals surface area contributed by atoms with Crippen LogP contribution in [0.15, 0.2) is 41.3 Å². The molecule has 1 N–H and O–H groups in total. The number of hydrogen-bond donors (Lipinski definition) is 1. The van der Waals surface area contributed by atoms with E-state index in [0.717, 1.165) is 27.6 Å². The lowest BCUT2D eigenvalue weighted by Crippen LogP contribution is -2.07. The molecule has 4 heteroatoms. The SMILES string of the molecule is COc1ccc2c(-c3c(C)cc(F)cc3C)c[nH]c(=O)c2c1. The van der Waals surface area contributed by atoms with E-state index in [0.29, 0.717) is 11.1 Å². The highest BCUT2D eigenvalue weighted by Gasteiger charge is 2.13. The van der Waals surface area contributed by atoms with E-state index in [4.69, 9.17) is 4.74 Å². The van der Waals surface area contributed by atoms with Gasteiger partial charge in [0, 0.05) is 11.8 Å². The molecule has 22 heavy (non-hydrogen) atoms. The molecule has 0 aliphatic rings. The summed E-state index contributed by atoms with van der Waals surface area (Å²) in [7, 11) is 1.56. The molecule has 0 amide bonds. The van der Waals surface area contributed by atoms with E-state index in [1.54, 1.807) is 19.4 Å². The van der Waals surface area contributed by atoms with Crippen LogP contribution in [0.1, 0.15) is 11.1 Å². The standard InChI is InChI=1S/C18H16FNO2/c1-10-6-12(19)7-11(2)17(10)16-9-20-18(21)15-8-13(22-3)4-5-14(15)16/h4-9H,1-3H3,(H,20,21). The second kappa shape index (κ2) is 5.30. The van der Waals surface area contributed by atoms with Crippen molar-refractivity contribution in [2.75, 3.05) is 7.11 Å². The Kier molecular flexibility index (Phi) is 3.45. The van der Waals surface area contributed by atoms with Crippen molar-refractivity contribution in [3.8, 4) is 16.9 Å². The molecule has 3 rings (SSSR count). The zero-order valence-corrected chi connectivity index (χ0v) is 12.7. The summed E-state index contributed by atoms with van der Waals surface area (Å²) in [4.78, 5) is 14.8. The molecule has 1 aromatic heterocycles. The second-order valence-corrected chi connectivity index (χ2v) is 5.36. The summed E-state index contributed by atoms with van der Waals surface area (Å²) in [6, 6.07) is 8.40. The van der Waals surface area contributed by atoms with Crippen LogP contribution in [0.3, 0.4) is 0 Å². The minimum absolute atomic E-state index is 0.171. The summed E-state index contributed by atoms with van der Waals surface area (Å²) in [6.07, 6.45) is 1.68. The molecule has 0 radical (unpaired) electrons. The summed E-state index contributed by atoms with van der Waals surface area (Å²) in [5.74, 6) is 0.372. The maximum Gasteiger partial charge on any atom is 0.255 e. The van der Waals surface area contributed by atoms with Gasteiger partial charge in [0.1, 0.15) is 11.6 Å². The van der Waals surface area contributed by atoms with E-state index in [1.165, 1.54) is 12.1 Å². The van der Waals surface area contributed by atoms with Crippen LogP contribution < -0.4 is 10.3 Å². The number of ether oxygens (including phenoxy) is 1. The smallest absolute Gasteiger partial charge is 0.255 e. The Morgan fingerprint density at radius 3 is 2.36 bits per heavy atom. The van der Waals surface area contributed by atoms with Gasteiger partial charge in [0.25, 0.3) is 5.56 Å². The van der Waals surface area contributed by atoms with Crippen molar-refractivity contribution in [3.63, 3.8) is 0 Å². The molecule has 0 fully saturated rings. The Bertz CT molecular complexity index is 905. The molecule has 0 unspecified atom stereocenters. The van der Waals surface area contributed by atoms with E-state index in [2.05, 4.69) is 4.98 Å². The van der Waals surface area contributed by atoms with Gasteiger partial charge in [-0.2, -0.15) is 0 Å². The fourth-order valence-electron chi connectivity index (χ4n) is 2.91. The van der Waals surface area contributed by atoms with E-state index in [-0.39, 0.29) is 11.4 Å². The first-order chi connectivity index (χ1) is 10.5. The summed E-state index contributed by atoms with van der Waals surface area (Å²) >= 11 is 0. The number of rotatable bonds is 2. The normalized spacial score (nSPS) is 10.9. The van der Waals surface area contributed by atoms with Crippen molar-refractivity contribution in [3.05, 3.63) is 63.8 Å². The molecule has 3 aromatic rings. The monoisotopic (exact) mass is 297 g/mol. The molecule has 3 nitrogen and oxygen atoms in total. The third-order valence-electron chi connectivity index (χ3n) is 3.88. The van der Waals surface area contributed by atoms with E-state index < -0.39 is 0 Å². The molecular weight excluding hydrogens is 281 g/mol. The van der Waals surface area contributed by atoms with Crippen LogP contribution in [0.25, 0.3) is 21.9 Å². The number of aromatic nitrogens is 1. The first-order valence-corrected chi connectivity index (χ1v) is 6.98. The van der Waals surface area contributed by atoms with Crippen molar-refractivity contribution < 1.29 is 9.13 Å². The van der Waals surface area contributed by atoms with Crippen molar-refractivity contribution >= 4 is 10.8 Å². The van der Waals surface area contributed by atoms with Crippen LogP contribution >= 0.6 is 0 Å². The van der Waals surface area contributed by atoms with Gasteiger partial charge < -0.3 is 9.72 Å². The number of aryl methyl sites for hydroxylation is 2. The van der Waals surface area contributed by atoms with Gasteiger partial charge in [-0.15, -0.1) is 0 Å². The van der Waals surface area contributed by atoms with Crippen LogP contribution in [0.4, 0.5) is 4.39 Å². The van der Waals surface area contributed by atoms with Crippen LogP contribution in [0, 0.1) is 19.7 Å². The molecule has 0 saturated carbocycles. The molecular formula is C18H16FNO2. The molecule has 2 aromatic carbocycles. The summed E-state index contributed by atoms with van der Waals surface area (Å²) < 4.78 is 18.7. The number of fused-ring (bicyclic) bond motifs is 1. The number of hydrogen-bond acceptors (Lipinski definition) is 2. The minimum atomic E-state index is -0.255. The first-order valence-electron chi connectivity index (χ1n) is 6.98. The molecule has 112 valence electrons. The number of aromatic amines is 1. The Morgan fingerprint density at radius 1 is 1.05 bits per heavy atom. The molecule has 1 heterocycles. The maximum atomic E-state index is 13.5. The first kappa shape index (κ1) is 14.3. The number of halogens is 1. The van der Waals surface area contributed by atoms with Crippen LogP contribution in [0.2, 0.25) is 0 Å². The lowest BCUT2D eigenvalue weighted by molar-refractivity contribution is 0.415. The largest absolute Gasteiger partial charge is 0.497 e. The highest BCUT2D eigenvalue weighted by Crippen LogP contribution is 2.33. The molecule has 0 saturated heterocycles. The van der Waals surface area contributed by atoms with Gasteiger partial charge in [0.2, 0.25) is 0 Å². The Hall–Kier alpha value is -2.62. The van der Waals surface area contributed by atoms with Gasteiger partial charge in [-0.3, -0.25) is 4.79 Å². The lowest BCUT2D eigenvalue weighted by atomic mass is 9.93. The van der Waals surface area contributed by atoms with E-state index in [1.807, 2.05) is 26.0 Å². The van der Waals surface area contributed by atoms with Gasteiger partial charge in [-0.05, 0) is 66.3 Å². The minimum Gasteiger partial charge on any atom is -0.497 e. The maximum absolute atomic E-state index is 13.5. The average molecular weight is 297 g/mol. The fourth-order valence-corrected chi connectivity index (χ4v) is 2.91. The predicted molar refractivity (Wildman–Crippen MR) is 86.0 cm³/mol. The Morgan fingerprint density at radius 2 is 1.73 bits per heavy atom. The van der Waals surface area contributed by atoms with E-state index >= 15 is 0 Å². The molecule has 0 spiro atoms. The van der Waals surface area contributed by atoms with Crippen molar-refractivity contribution in [2.24, 2.45) is 0 Å². The number of nitrogens with one attached hydrogen (secondary N) is 1. The van der Waals surface area contributed by atoms with Gasteiger partial charge in [0.05, 0.1) is 12.5 Å². The average Bonchev–Trinajstić information content (AvgIpc) is 2.48. The topological polar surface area (TPSA) is 42.1 Å². The van der Waals surface area contributed by atoms with Crippen LogP contribution in [-0.4, -0.2) is 12.1 Å². The van der Waals surface area contributed by atoms with Crippen molar-refractivity contribution in [1.29, 1.82) is 0 Å². The highest BCUT2D eigenvalue weighted by molar-refractivity contribution is 5.97. The summed E-state index contributed by atoms with van der Waals surface area (Å²) in [5, 5.41) is 1.38.